The number of H-pyrrole nitrogens is 1. The number of nitrogens with one attached hydrogen (secondary N) is 1. The van der Waals surface area contributed by atoms with Gasteiger partial charge in [0.2, 0.25) is 0 Å². The molecule has 1 rings (SSSR count). The Hall–Kier alpha value is -0.650. The van der Waals surface area contributed by atoms with E-state index in [1.807, 2.05) is 0 Å². The first-order chi connectivity index (χ1) is 4.89. The van der Waals surface area contributed by atoms with Crippen LogP contribution in [0.1, 0.15) is 0 Å². The Morgan fingerprint density at radius 2 is 2.00 bits per heavy atom. The van der Waals surface area contributed by atoms with Gasteiger partial charge in [-0.1, -0.05) is 0 Å². The molecule has 0 atom stereocenters. The van der Waals surface area contributed by atoms with Gasteiger partial charge in [0.1, 0.15) is 0 Å². The zero-order chi connectivity index (χ0) is 7.23. The minimum Gasteiger partial charge on any atom is -0.354 e. The van der Waals surface area contributed by atoms with E-state index in [0.717, 1.165) is 3.70 Å². The Morgan fingerprint density at radius 3 is 2.90 bits per heavy atom. The Labute approximate surface area is 72.4 Å². The molecule has 0 unspecified atom stereocenters. The molecule has 0 fully saturated rings. The molecule has 0 radical (unpaired) electrons. The average molecular weight is 247 g/mol. The number of nitrogens with zero attached hydrogens (tertiary/aromatic N) is 2. The van der Waals surface area contributed by atoms with Gasteiger partial charge in [0.25, 0.3) is 0 Å². The quantitative estimate of drug-likeness (QED) is 0.706. The van der Waals surface area contributed by atoms with Crippen LogP contribution in [0.25, 0.3) is 0 Å². The Balaban J connectivity index is 3.13. The van der Waals surface area contributed by atoms with E-state index < -0.39 is 0 Å². The normalized spacial score (nSPS) is 8.50. The minimum atomic E-state index is 0.968. The van der Waals surface area contributed by atoms with Crippen LogP contribution in [-0.2, 0) is 0 Å². The van der Waals surface area contributed by atoms with Crippen LogP contribution < -0.4 is 0 Å². The van der Waals surface area contributed by atoms with Gasteiger partial charge in [-0.3, -0.25) is 9.97 Å². The van der Waals surface area contributed by atoms with Crippen molar-refractivity contribution in [3.63, 3.8) is 0 Å². The molecule has 0 bridgehead atoms. The number of aromatic nitrogens is 3. The van der Waals surface area contributed by atoms with Crippen molar-refractivity contribution in [3.8, 4) is 0 Å². The second-order valence-electron chi connectivity index (χ2n) is 1.53. The first-order valence-electron chi connectivity index (χ1n) is 2.72. The van der Waals surface area contributed by atoms with Crippen molar-refractivity contribution in [3.05, 3.63) is 34.7 Å². The van der Waals surface area contributed by atoms with Crippen LogP contribution in [0, 0.1) is 3.70 Å². The molecule has 0 aliphatic rings. The summed E-state index contributed by atoms with van der Waals surface area (Å²) in [5.74, 6) is 0. The van der Waals surface area contributed by atoms with Crippen molar-refractivity contribution in [2.24, 2.45) is 0 Å². The lowest BCUT2D eigenvalue weighted by Crippen LogP contribution is -1.70. The molecule has 4 heteroatoms. The fraction of sp³-hybridized carbons (Fsp3) is 0. The van der Waals surface area contributed by atoms with E-state index >= 15 is 0 Å². The van der Waals surface area contributed by atoms with Gasteiger partial charge in [-0.05, 0) is 22.6 Å². The zero-order valence-corrected chi connectivity index (χ0v) is 7.32. The SMILES string of the molecule is Ic1cnccncc[nH]1. The first kappa shape index (κ1) is 7.46. The zero-order valence-electron chi connectivity index (χ0n) is 5.16. The first-order valence-corrected chi connectivity index (χ1v) is 3.79. The fourth-order valence-electron chi connectivity index (χ4n) is 0.432. The van der Waals surface area contributed by atoms with Gasteiger partial charge in [0, 0.05) is 24.8 Å². The number of rotatable bonds is 0. The van der Waals surface area contributed by atoms with E-state index in [0.29, 0.717) is 0 Å². The van der Waals surface area contributed by atoms with E-state index in [9.17, 15) is 0 Å². The van der Waals surface area contributed by atoms with Crippen LogP contribution in [0.5, 0.6) is 0 Å². The second-order valence-corrected chi connectivity index (χ2v) is 2.70. The van der Waals surface area contributed by atoms with Crippen molar-refractivity contribution in [2.75, 3.05) is 0 Å². The third-order valence-corrected chi connectivity index (χ3v) is 1.40. The lowest BCUT2D eigenvalue weighted by molar-refractivity contribution is 1.23. The molecule has 0 amide bonds. The third kappa shape index (κ3) is 2.77. The largest absolute Gasteiger partial charge is 0.354 e. The predicted molar refractivity (Wildman–Crippen MR) is 46.7 cm³/mol. The number of hydrogen-bond acceptors (Lipinski definition) is 2. The number of halogens is 1. The van der Waals surface area contributed by atoms with Crippen LogP contribution in [0.4, 0.5) is 0 Å². The van der Waals surface area contributed by atoms with Crippen molar-refractivity contribution in [1.29, 1.82) is 0 Å². The van der Waals surface area contributed by atoms with Gasteiger partial charge in [0.05, 0.1) is 9.90 Å². The molecule has 52 valence electrons. The summed E-state index contributed by atoms with van der Waals surface area (Å²) in [6, 6.07) is 0. The van der Waals surface area contributed by atoms with Crippen molar-refractivity contribution < 1.29 is 0 Å². The highest BCUT2D eigenvalue weighted by molar-refractivity contribution is 14.1. The van der Waals surface area contributed by atoms with E-state index in [-0.39, 0.29) is 0 Å². The van der Waals surface area contributed by atoms with Crippen LogP contribution in [0.15, 0.2) is 31.0 Å². The van der Waals surface area contributed by atoms with E-state index in [1.165, 1.54) is 0 Å². The van der Waals surface area contributed by atoms with E-state index in [4.69, 9.17) is 0 Å². The van der Waals surface area contributed by atoms with Crippen LogP contribution in [0.3, 0.4) is 0 Å². The van der Waals surface area contributed by atoms with Crippen molar-refractivity contribution >= 4 is 22.6 Å². The summed E-state index contributed by atoms with van der Waals surface area (Å²) >= 11 is 2.15. The standard InChI is InChI=1S/C6H6IN3/c7-6-5-9-2-1-8-3-4-10-6/h1-5,10H. The molecule has 1 aromatic heterocycles. The summed E-state index contributed by atoms with van der Waals surface area (Å²) in [6.07, 6.45) is 8.41. The molecule has 3 nitrogen and oxygen atoms in total. The summed E-state index contributed by atoms with van der Waals surface area (Å²) in [6.45, 7) is 0. The highest BCUT2D eigenvalue weighted by atomic mass is 127. The molecule has 1 heterocycles. The molecule has 1 N–H and O–H groups in total. The maximum absolute atomic E-state index is 3.93. The molecule has 0 aliphatic carbocycles. The van der Waals surface area contributed by atoms with Gasteiger partial charge in [-0.2, -0.15) is 0 Å². The van der Waals surface area contributed by atoms with Gasteiger partial charge >= 0.3 is 0 Å². The van der Waals surface area contributed by atoms with Gasteiger partial charge in [-0.25, -0.2) is 0 Å². The molecule has 0 saturated heterocycles. The summed E-state index contributed by atoms with van der Waals surface area (Å²) in [7, 11) is 0. The Kier molecular flexibility index (Phi) is 3.14. The lowest BCUT2D eigenvalue weighted by Gasteiger charge is -1.76. The highest BCUT2D eigenvalue weighted by Crippen LogP contribution is 1.90. The molecule has 0 aromatic carbocycles. The minimum absolute atomic E-state index is 0.968. The molecular weight excluding hydrogens is 241 g/mol. The average Bonchev–Trinajstić information content (AvgIpc) is 2.02. The smallest absolute Gasteiger partial charge is 0.0957 e. The number of hydrogen-bond donors (Lipinski definition) is 1. The van der Waals surface area contributed by atoms with Gasteiger partial charge < -0.3 is 4.98 Å². The Bertz CT molecular complexity index is 220. The van der Waals surface area contributed by atoms with Crippen molar-refractivity contribution in [1.82, 2.24) is 15.0 Å². The fourth-order valence-corrected chi connectivity index (χ4v) is 0.773. The van der Waals surface area contributed by atoms with Gasteiger partial charge in [0.15, 0.2) is 0 Å². The molecule has 0 spiro atoms. The maximum atomic E-state index is 3.93. The molecule has 10 heavy (non-hydrogen) atoms. The molecule has 0 saturated carbocycles. The highest BCUT2D eigenvalue weighted by Gasteiger charge is 1.72. The maximum Gasteiger partial charge on any atom is 0.0957 e. The summed E-state index contributed by atoms with van der Waals surface area (Å²) in [5, 5.41) is 0. The van der Waals surface area contributed by atoms with Crippen LogP contribution in [0.2, 0.25) is 0 Å². The monoisotopic (exact) mass is 247 g/mol. The third-order valence-electron chi connectivity index (χ3n) is 0.809. The molecule has 1 aromatic rings. The van der Waals surface area contributed by atoms with Crippen LogP contribution >= 0.6 is 22.6 Å². The van der Waals surface area contributed by atoms with Crippen LogP contribution in [-0.4, -0.2) is 15.0 Å². The summed E-state index contributed by atoms with van der Waals surface area (Å²) < 4.78 is 0.968. The molecule has 0 aliphatic heterocycles. The summed E-state index contributed by atoms with van der Waals surface area (Å²) in [4.78, 5) is 10.8. The topological polar surface area (TPSA) is 41.6 Å². The Morgan fingerprint density at radius 1 is 1.20 bits per heavy atom. The van der Waals surface area contributed by atoms with E-state index in [2.05, 4.69) is 37.5 Å². The molecular formula is C6H6IN3. The van der Waals surface area contributed by atoms with E-state index in [1.54, 1.807) is 31.0 Å². The number of aromatic amines is 1. The van der Waals surface area contributed by atoms with Crippen molar-refractivity contribution in [2.45, 2.75) is 0 Å². The summed E-state index contributed by atoms with van der Waals surface area (Å²) in [5.41, 5.74) is 0. The predicted octanol–water partition coefficient (Wildman–Crippen LogP) is 1.53. The lowest BCUT2D eigenvalue weighted by atomic mass is 10.9. The van der Waals surface area contributed by atoms with Gasteiger partial charge in [-0.15, -0.1) is 0 Å². The second kappa shape index (κ2) is 4.21.